The van der Waals surface area contributed by atoms with Crippen molar-refractivity contribution in [2.75, 3.05) is 5.32 Å². The number of nitrogens with one attached hydrogen (secondary N) is 1. The van der Waals surface area contributed by atoms with Crippen LogP contribution < -0.4 is 5.32 Å². The van der Waals surface area contributed by atoms with Gasteiger partial charge in [-0.15, -0.1) is 0 Å². The highest BCUT2D eigenvalue weighted by Crippen LogP contribution is 2.37. The monoisotopic (exact) mass is 248 g/mol. The van der Waals surface area contributed by atoms with E-state index in [2.05, 4.69) is 71.7 Å². The van der Waals surface area contributed by atoms with E-state index in [1.54, 1.807) is 0 Å². The maximum Gasteiger partial charge on any atom is 0.0576 e. The first kappa shape index (κ1) is 10.7. The summed E-state index contributed by atoms with van der Waals surface area (Å²) >= 11 is 0. The lowest BCUT2D eigenvalue weighted by Gasteiger charge is -2.10. The van der Waals surface area contributed by atoms with E-state index in [9.17, 15) is 0 Å². The average Bonchev–Trinajstić information content (AvgIpc) is 3.01. The quantitative estimate of drug-likeness (QED) is 0.691. The van der Waals surface area contributed by atoms with Gasteiger partial charge < -0.3 is 9.88 Å². The first-order valence-electron chi connectivity index (χ1n) is 6.71. The van der Waals surface area contributed by atoms with Crippen LogP contribution >= 0.6 is 0 Å². The van der Waals surface area contributed by atoms with E-state index >= 15 is 0 Å². The Labute approximate surface area is 112 Å². The first-order valence-corrected chi connectivity index (χ1v) is 6.71. The van der Waals surface area contributed by atoms with Crippen molar-refractivity contribution in [1.29, 1.82) is 0 Å². The number of para-hydroxylation sites is 2. The van der Waals surface area contributed by atoms with Crippen LogP contribution in [0.5, 0.6) is 0 Å². The highest BCUT2D eigenvalue weighted by Gasteiger charge is 2.24. The Morgan fingerprint density at radius 2 is 1.84 bits per heavy atom. The molecule has 2 aromatic carbocycles. The smallest absolute Gasteiger partial charge is 0.0576 e. The van der Waals surface area contributed by atoms with Crippen LogP contribution in [-0.2, 0) is 13.5 Å². The SMILES string of the molecule is Cn1cc(C2Cc3ccccc3N2)c2ccccc21. The van der Waals surface area contributed by atoms with E-state index in [0.717, 1.165) is 6.42 Å². The molecule has 1 aromatic heterocycles. The maximum atomic E-state index is 3.64. The van der Waals surface area contributed by atoms with Crippen molar-refractivity contribution in [2.24, 2.45) is 7.05 Å². The lowest BCUT2D eigenvalue weighted by Crippen LogP contribution is -2.04. The fraction of sp³-hybridized carbons (Fsp3) is 0.176. The third-order valence-corrected chi connectivity index (χ3v) is 4.07. The molecule has 4 rings (SSSR count). The topological polar surface area (TPSA) is 17.0 Å². The Morgan fingerprint density at radius 3 is 2.74 bits per heavy atom. The number of fused-ring (bicyclic) bond motifs is 2. The molecule has 3 aromatic rings. The Kier molecular flexibility index (Phi) is 2.18. The molecule has 1 aliphatic rings. The molecule has 1 N–H and O–H groups in total. The standard InChI is InChI=1S/C17H16N2/c1-19-11-14(13-7-3-5-9-17(13)19)16-10-12-6-2-4-8-15(12)18-16/h2-9,11,16,18H,10H2,1H3. The molecule has 94 valence electrons. The Hall–Kier alpha value is -2.22. The van der Waals surface area contributed by atoms with Gasteiger partial charge in [-0.3, -0.25) is 0 Å². The number of anilines is 1. The molecule has 2 heterocycles. The third kappa shape index (κ3) is 1.56. The van der Waals surface area contributed by atoms with Gasteiger partial charge in [0, 0.05) is 35.4 Å². The van der Waals surface area contributed by atoms with Crippen molar-refractivity contribution < 1.29 is 0 Å². The molecule has 19 heavy (non-hydrogen) atoms. The summed E-state index contributed by atoms with van der Waals surface area (Å²) in [5.41, 5.74) is 5.39. The summed E-state index contributed by atoms with van der Waals surface area (Å²) in [5, 5.41) is 5.00. The van der Waals surface area contributed by atoms with Gasteiger partial charge in [-0.2, -0.15) is 0 Å². The van der Waals surface area contributed by atoms with Gasteiger partial charge >= 0.3 is 0 Å². The minimum atomic E-state index is 0.392. The lowest BCUT2D eigenvalue weighted by molar-refractivity contribution is 0.820. The zero-order chi connectivity index (χ0) is 12.8. The van der Waals surface area contributed by atoms with Gasteiger partial charge in [-0.05, 0) is 24.1 Å². The molecule has 0 amide bonds. The van der Waals surface area contributed by atoms with Gasteiger partial charge in [-0.1, -0.05) is 36.4 Å². The van der Waals surface area contributed by atoms with Crippen LogP contribution in [0.3, 0.4) is 0 Å². The van der Waals surface area contributed by atoms with E-state index in [1.165, 1.54) is 27.7 Å². The van der Waals surface area contributed by atoms with Crippen LogP contribution in [0.25, 0.3) is 10.9 Å². The van der Waals surface area contributed by atoms with Gasteiger partial charge in [0.15, 0.2) is 0 Å². The van der Waals surface area contributed by atoms with Crippen LogP contribution in [0.4, 0.5) is 5.69 Å². The van der Waals surface area contributed by atoms with Gasteiger partial charge in [0.25, 0.3) is 0 Å². The van der Waals surface area contributed by atoms with E-state index in [4.69, 9.17) is 0 Å². The van der Waals surface area contributed by atoms with Crippen molar-refractivity contribution in [2.45, 2.75) is 12.5 Å². The summed E-state index contributed by atoms with van der Waals surface area (Å²) in [6, 6.07) is 17.6. The fourth-order valence-corrected chi connectivity index (χ4v) is 3.14. The molecule has 0 radical (unpaired) electrons. The van der Waals surface area contributed by atoms with Crippen LogP contribution in [0.2, 0.25) is 0 Å². The van der Waals surface area contributed by atoms with Gasteiger partial charge in [-0.25, -0.2) is 0 Å². The third-order valence-electron chi connectivity index (χ3n) is 4.07. The van der Waals surface area contributed by atoms with E-state index in [0.29, 0.717) is 6.04 Å². The highest BCUT2D eigenvalue weighted by atomic mass is 15.0. The minimum absolute atomic E-state index is 0.392. The van der Waals surface area contributed by atoms with Crippen molar-refractivity contribution in [3.8, 4) is 0 Å². The average molecular weight is 248 g/mol. The Morgan fingerprint density at radius 1 is 1.05 bits per heavy atom. The normalized spacial score (nSPS) is 17.4. The molecule has 1 atom stereocenters. The van der Waals surface area contributed by atoms with Crippen molar-refractivity contribution in [1.82, 2.24) is 4.57 Å². The molecule has 0 saturated heterocycles. The minimum Gasteiger partial charge on any atom is -0.378 e. The summed E-state index contributed by atoms with van der Waals surface area (Å²) in [7, 11) is 2.12. The zero-order valence-corrected chi connectivity index (χ0v) is 10.9. The van der Waals surface area contributed by atoms with Crippen molar-refractivity contribution >= 4 is 16.6 Å². The van der Waals surface area contributed by atoms with Crippen molar-refractivity contribution in [3.63, 3.8) is 0 Å². The Balaban J connectivity index is 1.81. The number of hydrogen-bond donors (Lipinski definition) is 1. The molecule has 0 bridgehead atoms. The fourth-order valence-electron chi connectivity index (χ4n) is 3.14. The molecule has 0 fully saturated rings. The Bertz CT molecular complexity index is 730. The molecule has 2 heteroatoms. The lowest BCUT2D eigenvalue weighted by atomic mass is 10.0. The molecular formula is C17H16N2. The molecule has 0 spiro atoms. The summed E-state index contributed by atoms with van der Waals surface area (Å²) in [5.74, 6) is 0. The number of hydrogen-bond acceptors (Lipinski definition) is 1. The van der Waals surface area contributed by atoms with Crippen LogP contribution in [0, 0.1) is 0 Å². The van der Waals surface area contributed by atoms with Gasteiger partial charge in [0.05, 0.1) is 6.04 Å². The summed E-state index contributed by atoms with van der Waals surface area (Å²) < 4.78 is 2.22. The van der Waals surface area contributed by atoms with Gasteiger partial charge in [0.2, 0.25) is 0 Å². The van der Waals surface area contributed by atoms with Crippen molar-refractivity contribution in [3.05, 3.63) is 65.9 Å². The predicted octanol–water partition coefficient (Wildman–Crippen LogP) is 3.89. The second-order valence-corrected chi connectivity index (χ2v) is 5.27. The number of benzene rings is 2. The summed E-state index contributed by atoms with van der Waals surface area (Å²) in [6.07, 6.45) is 3.33. The molecule has 0 saturated carbocycles. The van der Waals surface area contributed by atoms with Crippen LogP contribution in [-0.4, -0.2) is 4.57 Å². The molecular weight excluding hydrogens is 232 g/mol. The zero-order valence-electron chi connectivity index (χ0n) is 10.9. The van der Waals surface area contributed by atoms with E-state index in [1.807, 2.05) is 0 Å². The first-order chi connectivity index (χ1) is 9.33. The summed E-state index contributed by atoms with van der Waals surface area (Å²) in [4.78, 5) is 0. The number of aryl methyl sites for hydroxylation is 1. The molecule has 1 unspecified atom stereocenters. The molecule has 0 aliphatic carbocycles. The van der Waals surface area contributed by atoms with E-state index in [-0.39, 0.29) is 0 Å². The number of aromatic nitrogens is 1. The largest absolute Gasteiger partial charge is 0.378 e. The highest BCUT2D eigenvalue weighted by molar-refractivity contribution is 5.85. The number of nitrogens with zero attached hydrogens (tertiary/aromatic N) is 1. The van der Waals surface area contributed by atoms with Gasteiger partial charge in [0.1, 0.15) is 0 Å². The second-order valence-electron chi connectivity index (χ2n) is 5.27. The van der Waals surface area contributed by atoms with E-state index < -0.39 is 0 Å². The van der Waals surface area contributed by atoms with Crippen LogP contribution in [0.15, 0.2) is 54.7 Å². The molecule has 1 aliphatic heterocycles. The second kappa shape index (κ2) is 3.89. The predicted molar refractivity (Wildman–Crippen MR) is 79.4 cm³/mol. The maximum absolute atomic E-state index is 3.64. The number of rotatable bonds is 1. The summed E-state index contributed by atoms with van der Waals surface area (Å²) in [6.45, 7) is 0. The molecule has 2 nitrogen and oxygen atoms in total. The van der Waals surface area contributed by atoms with Crippen LogP contribution in [0.1, 0.15) is 17.2 Å².